The molecule has 76 valence electrons. The van der Waals surface area contributed by atoms with Crippen LogP contribution in [-0.4, -0.2) is 22.4 Å². The largest absolute Gasteiger partial charge is 0.340 e. The molecule has 1 aromatic rings. The van der Waals surface area contributed by atoms with Crippen molar-refractivity contribution in [1.29, 1.82) is 0 Å². The van der Waals surface area contributed by atoms with E-state index in [1.54, 1.807) is 11.8 Å². The molecule has 0 spiro atoms. The Bertz CT molecular complexity index is 498. The average Bonchev–Trinajstić information content (AvgIpc) is 2.79. The molecule has 2 aliphatic heterocycles. The summed E-state index contributed by atoms with van der Waals surface area (Å²) in [6, 6.07) is 10.1. The van der Waals surface area contributed by atoms with Gasteiger partial charge in [-0.05, 0) is 11.6 Å². The lowest BCUT2D eigenvalue weighted by molar-refractivity contribution is 0.397. The highest BCUT2D eigenvalue weighted by Gasteiger charge is 2.28. The van der Waals surface area contributed by atoms with E-state index in [9.17, 15) is 0 Å². The van der Waals surface area contributed by atoms with Gasteiger partial charge in [-0.1, -0.05) is 42.1 Å². The Morgan fingerprint density at radius 1 is 1.40 bits per heavy atom. The molecule has 0 radical (unpaired) electrons. The normalized spacial score (nSPS) is 27.1. The second-order valence-corrected chi connectivity index (χ2v) is 4.57. The van der Waals surface area contributed by atoms with Gasteiger partial charge in [0.1, 0.15) is 0 Å². The zero-order chi connectivity index (χ0) is 11.8. The number of hydrogen-bond donors (Lipinski definition) is 0. The van der Waals surface area contributed by atoms with Gasteiger partial charge in [0.2, 0.25) is 0 Å². The molecule has 1 saturated heterocycles. The summed E-state index contributed by atoms with van der Waals surface area (Å²) in [5.74, 6) is 0.989. The summed E-state index contributed by atoms with van der Waals surface area (Å²) in [6.07, 6.45) is 0.0968. The third-order valence-electron chi connectivity index (χ3n) is 2.59. The number of amidine groups is 1. The van der Waals surface area contributed by atoms with Crippen molar-refractivity contribution >= 4 is 16.9 Å². The van der Waals surface area contributed by atoms with E-state index in [1.165, 1.54) is 0 Å². The fourth-order valence-corrected chi connectivity index (χ4v) is 2.81. The Balaban J connectivity index is 2.06. The Morgan fingerprint density at radius 3 is 3.13 bits per heavy atom. The fourth-order valence-electron chi connectivity index (χ4n) is 1.87. The summed E-state index contributed by atoms with van der Waals surface area (Å²) < 4.78 is 15.8. The first-order chi connectivity index (χ1) is 8.27. The maximum Gasteiger partial charge on any atom is 0.164 e. The van der Waals surface area contributed by atoms with Crippen LogP contribution < -0.4 is 0 Å². The number of rotatable bonds is 1. The maximum absolute atomic E-state index is 8.06. The average molecular weight is 218 g/mol. The minimum Gasteiger partial charge on any atom is -0.340 e. The van der Waals surface area contributed by atoms with Crippen LogP contribution in [0.1, 0.15) is 14.3 Å². The molecule has 2 aliphatic rings. The van der Waals surface area contributed by atoms with Crippen molar-refractivity contribution in [3.8, 4) is 0 Å². The quantitative estimate of drug-likeness (QED) is 0.720. The van der Waals surface area contributed by atoms with Crippen LogP contribution in [0.5, 0.6) is 0 Å². The van der Waals surface area contributed by atoms with Gasteiger partial charge in [-0.15, -0.1) is 0 Å². The molecule has 0 aliphatic carbocycles. The van der Waals surface area contributed by atoms with Crippen molar-refractivity contribution in [2.45, 2.75) is 6.04 Å². The number of thioether (sulfide) groups is 1. The standard InChI is InChI=1S/C12H12N2S/c1-2-4-10(5-3-1)11-6-7-13-12-14(11)8-9-15-12/h1-7,11H,8-9H2/i6D,7D. The molecular formula is C12H12N2S. The highest BCUT2D eigenvalue weighted by Crippen LogP contribution is 2.32. The molecule has 3 heteroatoms. The van der Waals surface area contributed by atoms with Gasteiger partial charge in [-0.3, -0.25) is 0 Å². The lowest BCUT2D eigenvalue weighted by Crippen LogP contribution is -2.30. The smallest absolute Gasteiger partial charge is 0.164 e. The summed E-state index contributed by atoms with van der Waals surface area (Å²) in [7, 11) is 0. The highest BCUT2D eigenvalue weighted by atomic mass is 32.2. The molecule has 0 saturated carbocycles. The lowest BCUT2D eigenvalue weighted by Gasteiger charge is -2.28. The van der Waals surface area contributed by atoms with Gasteiger partial charge in [-0.2, -0.15) is 0 Å². The number of aliphatic imine (C=N–C) groups is 1. The monoisotopic (exact) mass is 218 g/mol. The molecule has 2 nitrogen and oxygen atoms in total. The molecule has 1 fully saturated rings. The summed E-state index contributed by atoms with van der Waals surface area (Å²) in [5, 5.41) is 0.889. The van der Waals surface area contributed by atoms with Crippen LogP contribution in [0.2, 0.25) is 0 Å². The molecule has 15 heavy (non-hydrogen) atoms. The fraction of sp³-hybridized carbons (Fsp3) is 0.250. The van der Waals surface area contributed by atoms with E-state index < -0.39 is 0 Å². The minimum absolute atomic E-state index is 0.0968. The second kappa shape index (κ2) is 3.74. The molecule has 3 rings (SSSR count). The van der Waals surface area contributed by atoms with Crippen LogP contribution in [-0.2, 0) is 0 Å². The Labute approximate surface area is 96.5 Å². The lowest BCUT2D eigenvalue weighted by atomic mass is 10.1. The molecule has 1 unspecified atom stereocenters. The van der Waals surface area contributed by atoms with Crippen molar-refractivity contribution in [3.05, 3.63) is 48.1 Å². The first-order valence-electron chi connectivity index (χ1n) is 5.98. The first kappa shape index (κ1) is 7.12. The van der Waals surface area contributed by atoms with Crippen molar-refractivity contribution < 1.29 is 2.74 Å². The van der Waals surface area contributed by atoms with Gasteiger partial charge in [0, 0.05) is 18.5 Å². The van der Waals surface area contributed by atoms with E-state index in [1.807, 2.05) is 30.3 Å². The molecule has 0 N–H and O–H groups in total. The molecular weight excluding hydrogens is 204 g/mol. The van der Waals surface area contributed by atoms with Gasteiger partial charge < -0.3 is 4.90 Å². The Morgan fingerprint density at radius 2 is 2.27 bits per heavy atom. The zero-order valence-electron chi connectivity index (χ0n) is 10.2. The zero-order valence-corrected chi connectivity index (χ0v) is 9.00. The van der Waals surface area contributed by atoms with Gasteiger partial charge >= 0.3 is 0 Å². The summed E-state index contributed by atoms with van der Waals surface area (Å²) in [5.41, 5.74) is 1.07. The van der Waals surface area contributed by atoms with Crippen molar-refractivity contribution in [3.63, 3.8) is 0 Å². The van der Waals surface area contributed by atoms with Gasteiger partial charge in [-0.25, -0.2) is 4.99 Å². The van der Waals surface area contributed by atoms with Gasteiger partial charge in [0.05, 0.1) is 8.78 Å². The van der Waals surface area contributed by atoms with Crippen LogP contribution in [0.25, 0.3) is 0 Å². The number of fused-ring (bicyclic) bond motifs is 1. The van der Waals surface area contributed by atoms with E-state index in [0.717, 1.165) is 23.0 Å². The van der Waals surface area contributed by atoms with Crippen LogP contribution in [0.4, 0.5) is 0 Å². The second-order valence-electron chi connectivity index (χ2n) is 3.51. The van der Waals surface area contributed by atoms with Crippen molar-refractivity contribution in [1.82, 2.24) is 4.90 Å². The molecule has 1 atom stereocenters. The summed E-state index contributed by atoms with van der Waals surface area (Å²) in [6.45, 7) is 0.902. The predicted molar refractivity (Wildman–Crippen MR) is 64.9 cm³/mol. The summed E-state index contributed by atoms with van der Waals surface area (Å²) in [4.78, 5) is 6.29. The van der Waals surface area contributed by atoms with Crippen LogP contribution in [0.15, 0.2) is 47.6 Å². The Hall–Kier alpha value is -1.22. The number of hydrogen-bond acceptors (Lipinski definition) is 3. The van der Waals surface area contributed by atoms with Crippen LogP contribution in [0.3, 0.4) is 0 Å². The predicted octanol–water partition coefficient (Wildman–Crippen LogP) is 2.66. The third kappa shape index (κ3) is 1.57. The molecule has 0 bridgehead atoms. The van der Waals surface area contributed by atoms with E-state index in [0.29, 0.717) is 6.05 Å². The van der Waals surface area contributed by atoms with E-state index in [4.69, 9.17) is 2.74 Å². The third-order valence-corrected chi connectivity index (χ3v) is 3.56. The maximum atomic E-state index is 8.06. The van der Waals surface area contributed by atoms with Gasteiger partial charge in [0.15, 0.2) is 5.17 Å². The highest BCUT2D eigenvalue weighted by molar-refractivity contribution is 8.14. The molecule has 2 heterocycles. The Kier molecular flexibility index (Phi) is 1.77. The molecule has 0 amide bonds. The van der Waals surface area contributed by atoms with E-state index in [2.05, 4.69) is 9.89 Å². The van der Waals surface area contributed by atoms with Crippen molar-refractivity contribution in [2.75, 3.05) is 12.3 Å². The van der Waals surface area contributed by atoms with Gasteiger partial charge in [0.25, 0.3) is 0 Å². The number of benzene rings is 1. The van der Waals surface area contributed by atoms with Crippen LogP contribution >= 0.6 is 11.8 Å². The van der Waals surface area contributed by atoms with Crippen molar-refractivity contribution in [2.24, 2.45) is 4.99 Å². The minimum atomic E-state index is -0.133. The first-order valence-corrected chi connectivity index (χ1v) is 5.96. The number of nitrogens with zero attached hydrogens (tertiary/aromatic N) is 2. The molecule has 0 aromatic heterocycles. The topological polar surface area (TPSA) is 15.6 Å². The van der Waals surface area contributed by atoms with Crippen LogP contribution in [0, 0.1) is 0 Å². The van der Waals surface area contributed by atoms with E-state index >= 15 is 0 Å². The SMILES string of the molecule is [2H]C1=C([2H])C(c2ccccc2)N2CCSC2=N1. The van der Waals surface area contributed by atoms with E-state index in [-0.39, 0.29) is 12.2 Å². The molecule has 1 aromatic carbocycles. The summed E-state index contributed by atoms with van der Waals surface area (Å²) >= 11 is 1.67.